The van der Waals surface area contributed by atoms with Gasteiger partial charge in [-0.15, -0.1) is 0 Å². The molecule has 0 saturated carbocycles. The van der Waals surface area contributed by atoms with Crippen LogP contribution in [-0.4, -0.2) is 29.5 Å². The van der Waals surface area contributed by atoms with E-state index in [-0.39, 0.29) is 5.91 Å². The lowest BCUT2D eigenvalue weighted by Gasteiger charge is -2.21. The minimum atomic E-state index is -0.101. The summed E-state index contributed by atoms with van der Waals surface area (Å²) in [5.74, 6) is 0.490. The van der Waals surface area contributed by atoms with E-state index in [0.717, 1.165) is 5.69 Å². The maximum absolute atomic E-state index is 12.8. The van der Waals surface area contributed by atoms with Crippen molar-refractivity contribution in [2.75, 3.05) is 23.4 Å². The number of carbonyl (C=O) groups excluding carboxylic acids is 1. The fraction of sp³-hybridized carbons (Fsp3) is 0.190. The quantitative estimate of drug-likeness (QED) is 0.681. The molecule has 0 N–H and O–H groups in total. The normalized spacial score (nSPS) is 10.4. The van der Waals surface area contributed by atoms with Crippen LogP contribution in [-0.2, 0) is 6.54 Å². The van der Waals surface area contributed by atoms with Gasteiger partial charge in [0, 0.05) is 38.2 Å². The van der Waals surface area contributed by atoms with Crippen LogP contribution in [0.3, 0.4) is 0 Å². The SMILES string of the molecule is CCN(C(=O)c1cnc(N(C)Cc2ccccc2)nc1)c1ccccc1. The lowest BCUT2D eigenvalue weighted by molar-refractivity contribution is 0.0987. The summed E-state index contributed by atoms with van der Waals surface area (Å²) in [6, 6.07) is 19.8. The third-order valence-electron chi connectivity index (χ3n) is 4.12. The van der Waals surface area contributed by atoms with Crippen LogP contribution in [0.25, 0.3) is 0 Å². The number of carbonyl (C=O) groups is 1. The summed E-state index contributed by atoms with van der Waals surface area (Å²) < 4.78 is 0. The second kappa shape index (κ2) is 8.25. The van der Waals surface area contributed by atoms with E-state index in [2.05, 4.69) is 22.1 Å². The largest absolute Gasteiger partial charge is 0.340 e. The zero-order valence-corrected chi connectivity index (χ0v) is 15.0. The van der Waals surface area contributed by atoms with Crippen LogP contribution in [0.2, 0.25) is 0 Å². The third-order valence-corrected chi connectivity index (χ3v) is 4.12. The van der Waals surface area contributed by atoms with E-state index in [0.29, 0.717) is 24.6 Å². The maximum atomic E-state index is 12.8. The molecule has 0 radical (unpaired) electrons. The van der Waals surface area contributed by atoms with Gasteiger partial charge in [0.15, 0.2) is 0 Å². The van der Waals surface area contributed by atoms with Crippen LogP contribution in [0.1, 0.15) is 22.8 Å². The summed E-state index contributed by atoms with van der Waals surface area (Å²) >= 11 is 0. The first-order chi connectivity index (χ1) is 12.7. The van der Waals surface area contributed by atoms with Crippen molar-refractivity contribution in [1.82, 2.24) is 9.97 Å². The van der Waals surface area contributed by atoms with Gasteiger partial charge in [0.1, 0.15) is 0 Å². The van der Waals surface area contributed by atoms with Crippen molar-refractivity contribution >= 4 is 17.5 Å². The Bertz CT molecular complexity index is 835. The van der Waals surface area contributed by atoms with Crippen molar-refractivity contribution < 1.29 is 4.79 Å². The second-order valence-electron chi connectivity index (χ2n) is 6.00. The first-order valence-corrected chi connectivity index (χ1v) is 8.63. The number of rotatable bonds is 6. The van der Waals surface area contributed by atoms with Gasteiger partial charge in [-0.1, -0.05) is 48.5 Å². The van der Waals surface area contributed by atoms with Crippen LogP contribution in [0.4, 0.5) is 11.6 Å². The molecule has 0 aliphatic rings. The number of anilines is 2. The number of hydrogen-bond donors (Lipinski definition) is 0. The average Bonchev–Trinajstić information content (AvgIpc) is 2.70. The molecule has 5 heteroatoms. The van der Waals surface area contributed by atoms with Gasteiger partial charge < -0.3 is 9.80 Å². The molecule has 0 unspecified atom stereocenters. The summed E-state index contributed by atoms with van der Waals surface area (Å²) in [6.07, 6.45) is 3.19. The van der Waals surface area contributed by atoms with Gasteiger partial charge in [0.25, 0.3) is 5.91 Å². The number of para-hydroxylation sites is 1. The molecule has 3 aromatic rings. The number of aromatic nitrogens is 2. The van der Waals surface area contributed by atoms with Crippen molar-refractivity contribution in [2.45, 2.75) is 13.5 Å². The molecule has 1 heterocycles. The average molecular weight is 346 g/mol. The summed E-state index contributed by atoms with van der Waals surface area (Å²) in [7, 11) is 1.94. The molecule has 5 nitrogen and oxygen atoms in total. The van der Waals surface area contributed by atoms with Crippen molar-refractivity contribution in [3.8, 4) is 0 Å². The van der Waals surface area contributed by atoms with Crippen molar-refractivity contribution in [1.29, 1.82) is 0 Å². The molecule has 0 aliphatic heterocycles. The first kappa shape index (κ1) is 17.6. The van der Waals surface area contributed by atoms with Crippen LogP contribution < -0.4 is 9.80 Å². The summed E-state index contributed by atoms with van der Waals surface area (Å²) in [5.41, 5.74) is 2.53. The Morgan fingerprint density at radius 3 is 2.08 bits per heavy atom. The molecule has 1 aromatic heterocycles. The van der Waals surface area contributed by atoms with Gasteiger partial charge in [0.2, 0.25) is 5.95 Å². The Balaban J connectivity index is 1.73. The Labute approximate surface area is 153 Å². The molecule has 0 aliphatic carbocycles. The molecule has 26 heavy (non-hydrogen) atoms. The van der Waals surface area contributed by atoms with Crippen LogP contribution in [0.15, 0.2) is 73.1 Å². The molecule has 0 atom stereocenters. The smallest absolute Gasteiger partial charge is 0.261 e. The predicted molar refractivity (Wildman–Crippen MR) is 104 cm³/mol. The summed E-state index contributed by atoms with van der Waals surface area (Å²) in [6.45, 7) is 3.24. The highest BCUT2D eigenvalue weighted by Gasteiger charge is 2.17. The van der Waals surface area contributed by atoms with Gasteiger partial charge >= 0.3 is 0 Å². The number of hydrogen-bond acceptors (Lipinski definition) is 4. The maximum Gasteiger partial charge on any atom is 0.261 e. The highest BCUT2D eigenvalue weighted by molar-refractivity contribution is 6.05. The summed E-state index contributed by atoms with van der Waals surface area (Å²) in [5, 5.41) is 0. The molecule has 3 rings (SSSR count). The Morgan fingerprint density at radius 1 is 0.923 bits per heavy atom. The molecular weight excluding hydrogens is 324 g/mol. The molecule has 0 bridgehead atoms. The van der Waals surface area contributed by atoms with Gasteiger partial charge in [-0.3, -0.25) is 4.79 Å². The van der Waals surface area contributed by atoms with Crippen molar-refractivity contribution in [2.24, 2.45) is 0 Å². The van der Waals surface area contributed by atoms with Gasteiger partial charge in [-0.05, 0) is 24.6 Å². The molecule has 1 amide bonds. The minimum Gasteiger partial charge on any atom is -0.340 e. The van der Waals surface area contributed by atoms with E-state index in [4.69, 9.17) is 0 Å². The topological polar surface area (TPSA) is 49.3 Å². The highest BCUT2D eigenvalue weighted by Crippen LogP contribution is 2.17. The first-order valence-electron chi connectivity index (χ1n) is 8.63. The second-order valence-corrected chi connectivity index (χ2v) is 6.00. The standard InChI is InChI=1S/C21H22N4O/c1-3-25(19-12-8-5-9-13-19)20(26)18-14-22-21(23-15-18)24(2)16-17-10-6-4-7-11-17/h4-15H,3,16H2,1-2H3. The van der Waals surface area contributed by atoms with E-state index >= 15 is 0 Å². The van der Waals surface area contributed by atoms with E-state index in [1.807, 2.05) is 67.4 Å². The minimum absolute atomic E-state index is 0.101. The van der Waals surface area contributed by atoms with Crippen LogP contribution in [0, 0.1) is 0 Å². The zero-order chi connectivity index (χ0) is 18.4. The fourth-order valence-electron chi connectivity index (χ4n) is 2.76. The molecule has 0 fully saturated rings. The Morgan fingerprint density at radius 2 is 1.50 bits per heavy atom. The lowest BCUT2D eigenvalue weighted by Crippen LogP contribution is -2.31. The van der Waals surface area contributed by atoms with Crippen LogP contribution >= 0.6 is 0 Å². The summed E-state index contributed by atoms with van der Waals surface area (Å²) in [4.78, 5) is 25.2. The molecule has 0 saturated heterocycles. The number of nitrogens with zero attached hydrogens (tertiary/aromatic N) is 4. The number of benzene rings is 2. The lowest BCUT2D eigenvalue weighted by atomic mass is 10.2. The van der Waals surface area contributed by atoms with E-state index in [1.54, 1.807) is 17.3 Å². The van der Waals surface area contributed by atoms with Gasteiger partial charge in [-0.25, -0.2) is 9.97 Å². The van der Waals surface area contributed by atoms with E-state index in [1.165, 1.54) is 5.56 Å². The fourth-order valence-corrected chi connectivity index (χ4v) is 2.76. The Hall–Kier alpha value is -3.21. The van der Waals surface area contributed by atoms with E-state index in [9.17, 15) is 4.79 Å². The zero-order valence-electron chi connectivity index (χ0n) is 15.0. The highest BCUT2D eigenvalue weighted by atomic mass is 16.2. The number of amides is 1. The predicted octanol–water partition coefficient (Wildman–Crippen LogP) is 3.78. The van der Waals surface area contributed by atoms with Crippen LogP contribution in [0.5, 0.6) is 0 Å². The molecule has 132 valence electrons. The molecular formula is C21H22N4O. The monoisotopic (exact) mass is 346 g/mol. The molecule has 0 spiro atoms. The van der Waals surface area contributed by atoms with Gasteiger partial charge in [-0.2, -0.15) is 0 Å². The third kappa shape index (κ3) is 4.06. The Kier molecular flexibility index (Phi) is 5.59. The van der Waals surface area contributed by atoms with E-state index < -0.39 is 0 Å². The van der Waals surface area contributed by atoms with Gasteiger partial charge in [0.05, 0.1) is 5.56 Å². The van der Waals surface area contributed by atoms with Crippen molar-refractivity contribution in [3.05, 3.63) is 84.2 Å². The van der Waals surface area contributed by atoms with Crippen molar-refractivity contribution in [3.63, 3.8) is 0 Å². The molecule has 2 aromatic carbocycles.